The molecule has 0 radical (unpaired) electrons. The van der Waals surface area contributed by atoms with Gasteiger partial charge in [0, 0.05) is 24.1 Å². The highest BCUT2D eigenvalue weighted by atomic mass is 19.4. The van der Waals surface area contributed by atoms with Crippen molar-refractivity contribution < 1.29 is 23.1 Å². The number of aliphatic carboxylic acids is 1. The summed E-state index contributed by atoms with van der Waals surface area (Å²) in [6, 6.07) is 3.53. The van der Waals surface area contributed by atoms with Crippen molar-refractivity contribution in [2.45, 2.75) is 26.4 Å². The van der Waals surface area contributed by atoms with Crippen molar-refractivity contribution in [3.63, 3.8) is 0 Å². The summed E-state index contributed by atoms with van der Waals surface area (Å²) < 4.78 is 40.2. The number of hydrogen-bond donors (Lipinski definition) is 1. The van der Waals surface area contributed by atoms with Crippen molar-refractivity contribution in [3.05, 3.63) is 35.5 Å². The molecule has 0 saturated carbocycles. The largest absolute Gasteiger partial charge is 0.481 e. The summed E-state index contributed by atoms with van der Waals surface area (Å²) in [6.45, 7) is 3.11. The number of rotatable bonds is 3. The summed E-state index contributed by atoms with van der Waals surface area (Å²) in [5.41, 5.74) is -0.511. The first kappa shape index (κ1) is 15.4. The van der Waals surface area contributed by atoms with Gasteiger partial charge in [-0.3, -0.25) is 4.79 Å². The molecule has 0 amide bonds. The quantitative estimate of drug-likeness (QED) is 0.935. The summed E-state index contributed by atoms with van der Waals surface area (Å²) in [5, 5.41) is 9.62. The summed E-state index contributed by atoms with van der Waals surface area (Å²) in [6.07, 6.45) is -2.56. The van der Waals surface area contributed by atoms with Crippen molar-refractivity contribution in [1.29, 1.82) is 0 Å². The van der Waals surface area contributed by atoms with Crippen molar-refractivity contribution >= 4 is 16.9 Å². The third kappa shape index (κ3) is 2.89. The standard InChI is InChI=1S/C15H16F3NO2/c1-14(2,13(20)21)7-9-8-19(3)12-5-4-10(6-11(9)12)15(16,17)18/h4-6,8H,7H2,1-3H3,(H,20,21). The summed E-state index contributed by atoms with van der Waals surface area (Å²) >= 11 is 0. The van der Waals surface area contributed by atoms with Gasteiger partial charge in [-0.15, -0.1) is 0 Å². The second kappa shape index (κ2) is 4.79. The summed E-state index contributed by atoms with van der Waals surface area (Å²) in [4.78, 5) is 11.2. The van der Waals surface area contributed by atoms with E-state index in [4.69, 9.17) is 0 Å². The Morgan fingerprint density at radius 1 is 1.29 bits per heavy atom. The minimum absolute atomic E-state index is 0.168. The van der Waals surface area contributed by atoms with Crippen LogP contribution in [0.15, 0.2) is 24.4 Å². The van der Waals surface area contributed by atoms with E-state index in [-0.39, 0.29) is 6.42 Å². The second-order valence-corrected chi connectivity index (χ2v) is 5.86. The zero-order valence-corrected chi connectivity index (χ0v) is 12.0. The minimum atomic E-state index is -4.41. The van der Waals surface area contributed by atoms with E-state index in [1.807, 2.05) is 0 Å². The van der Waals surface area contributed by atoms with E-state index in [0.717, 1.165) is 12.1 Å². The Morgan fingerprint density at radius 3 is 2.43 bits per heavy atom. The lowest BCUT2D eigenvalue weighted by Crippen LogP contribution is -2.26. The number of fused-ring (bicyclic) bond motifs is 1. The lowest BCUT2D eigenvalue weighted by molar-refractivity contribution is -0.146. The summed E-state index contributed by atoms with van der Waals surface area (Å²) in [5.74, 6) is -0.980. The van der Waals surface area contributed by atoms with Crippen molar-refractivity contribution in [3.8, 4) is 0 Å². The maximum atomic E-state index is 12.8. The number of nitrogens with zero attached hydrogens (tertiary/aromatic N) is 1. The maximum Gasteiger partial charge on any atom is 0.416 e. The molecule has 1 heterocycles. The van der Waals surface area contributed by atoms with E-state index in [1.54, 1.807) is 31.7 Å². The number of alkyl halides is 3. The van der Waals surface area contributed by atoms with E-state index >= 15 is 0 Å². The zero-order valence-electron chi connectivity index (χ0n) is 12.0. The zero-order chi connectivity index (χ0) is 16.0. The van der Waals surface area contributed by atoms with Crippen LogP contribution in [-0.4, -0.2) is 15.6 Å². The molecular weight excluding hydrogens is 283 g/mol. The number of aromatic nitrogens is 1. The third-order valence-corrected chi connectivity index (χ3v) is 3.61. The molecule has 2 rings (SSSR count). The molecule has 2 aromatic rings. The Labute approximate surface area is 120 Å². The van der Waals surface area contributed by atoms with E-state index in [0.29, 0.717) is 16.5 Å². The molecule has 0 spiro atoms. The molecule has 0 saturated heterocycles. The fourth-order valence-electron chi connectivity index (χ4n) is 2.34. The van der Waals surface area contributed by atoms with E-state index in [9.17, 15) is 23.1 Å². The highest BCUT2D eigenvalue weighted by Crippen LogP contribution is 2.34. The van der Waals surface area contributed by atoms with Gasteiger partial charge >= 0.3 is 12.1 Å². The number of hydrogen-bond acceptors (Lipinski definition) is 1. The van der Waals surface area contributed by atoms with Crippen LogP contribution < -0.4 is 0 Å². The molecule has 0 bridgehead atoms. The smallest absolute Gasteiger partial charge is 0.416 e. The van der Waals surface area contributed by atoms with Crippen LogP contribution in [0.1, 0.15) is 25.0 Å². The van der Waals surface area contributed by atoms with Gasteiger partial charge in [-0.25, -0.2) is 0 Å². The monoisotopic (exact) mass is 299 g/mol. The lowest BCUT2D eigenvalue weighted by Gasteiger charge is -2.18. The van der Waals surface area contributed by atoms with E-state index in [2.05, 4.69) is 0 Å². The highest BCUT2D eigenvalue weighted by molar-refractivity contribution is 5.86. The highest BCUT2D eigenvalue weighted by Gasteiger charge is 2.32. The molecule has 0 atom stereocenters. The average Bonchev–Trinajstić information content (AvgIpc) is 2.64. The molecule has 6 heteroatoms. The first-order valence-corrected chi connectivity index (χ1v) is 6.41. The Hall–Kier alpha value is -1.98. The van der Waals surface area contributed by atoms with E-state index in [1.165, 1.54) is 6.07 Å². The van der Waals surface area contributed by atoms with Crippen LogP contribution in [0.4, 0.5) is 13.2 Å². The number of carboxylic acids is 1. The van der Waals surface area contributed by atoms with Gasteiger partial charge in [0.2, 0.25) is 0 Å². The molecule has 0 unspecified atom stereocenters. The Kier molecular flexibility index (Phi) is 3.51. The van der Waals surface area contributed by atoms with Crippen molar-refractivity contribution in [2.24, 2.45) is 12.5 Å². The number of carbonyl (C=O) groups is 1. The van der Waals surface area contributed by atoms with Crippen LogP contribution in [0.3, 0.4) is 0 Å². The second-order valence-electron chi connectivity index (χ2n) is 5.86. The SMILES string of the molecule is Cn1cc(CC(C)(C)C(=O)O)c2cc(C(F)(F)F)ccc21. The molecule has 1 N–H and O–H groups in total. The molecule has 1 aromatic heterocycles. The molecule has 0 aliphatic rings. The molecule has 3 nitrogen and oxygen atoms in total. The van der Waals surface area contributed by atoms with Gasteiger partial charge in [-0.2, -0.15) is 13.2 Å². The number of halogens is 3. The van der Waals surface area contributed by atoms with Gasteiger partial charge in [0.25, 0.3) is 0 Å². The first-order chi connectivity index (χ1) is 9.52. The molecule has 21 heavy (non-hydrogen) atoms. The van der Waals surface area contributed by atoms with Gasteiger partial charge in [0.15, 0.2) is 0 Å². The van der Waals surface area contributed by atoms with Crippen LogP contribution in [0, 0.1) is 5.41 Å². The Morgan fingerprint density at radius 2 is 1.90 bits per heavy atom. The molecular formula is C15H16F3NO2. The lowest BCUT2D eigenvalue weighted by atomic mass is 9.86. The molecule has 0 fully saturated rings. The van der Waals surface area contributed by atoms with Gasteiger partial charge in [-0.1, -0.05) is 0 Å². The van der Waals surface area contributed by atoms with Crippen LogP contribution in [0.25, 0.3) is 10.9 Å². The number of carboxylic acid groups (broad SMARTS) is 1. The molecule has 1 aromatic carbocycles. The van der Waals surface area contributed by atoms with Gasteiger partial charge in [0.05, 0.1) is 11.0 Å². The van der Waals surface area contributed by atoms with Crippen LogP contribution >= 0.6 is 0 Å². The number of benzene rings is 1. The van der Waals surface area contributed by atoms with Crippen molar-refractivity contribution in [1.82, 2.24) is 4.57 Å². The molecule has 0 aliphatic carbocycles. The Balaban J connectivity index is 2.57. The maximum absolute atomic E-state index is 12.8. The van der Waals surface area contributed by atoms with Crippen LogP contribution in [0.5, 0.6) is 0 Å². The van der Waals surface area contributed by atoms with Crippen LogP contribution in [-0.2, 0) is 24.4 Å². The van der Waals surface area contributed by atoms with Crippen molar-refractivity contribution in [2.75, 3.05) is 0 Å². The van der Waals surface area contributed by atoms with Gasteiger partial charge < -0.3 is 9.67 Å². The van der Waals surface area contributed by atoms with E-state index < -0.39 is 23.1 Å². The number of aryl methyl sites for hydroxylation is 1. The molecule has 0 aliphatic heterocycles. The fourth-order valence-corrected chi connectivity index (χ4v) is 2.34. The summed E-state index contributed by atoms with van der Waals surface area (Å²) in [7, 11) is 1.73. The molecule has 114 valence electrons. The minimum Gasteiger partial charge on any atom is -0.481 e. The topological polar surface area (TPSA) is 42.2 Å². The average molecular weight is 299 g/mol. The fraction of sp³-hybridized carbons (Fsp3) is 0.400. The Bertz CT molecular complexity index is 699. The predicted molar refractivity (Wildman–Crippen MR) is 73.0 cm³/mol. The van der Waals surface area contributed by atoms with Gasteiger partial charge in [-0.05, 0) is 44.0 Å². The van der Waals surface area contributed by atoms with Crippen LogP contribution in [0.2, 0.25) is 0 Å². The normalized spacial score (nSPS) is 12.9. The van der Waals surface area contributed by atoms with Gasteiger partial charge in [0.1, 0.15) is 0 Å². The third-order valence-electron chi connectivity index (χ3n) is 3.61. The first-order valence-electron chi connectivity index (χ1n) is 6.41. The predicted octanol–water partition coefficient (Wildman–Crippen LogP) is 3.85.